The van der Waals surface area contributed by atoms with Gasteiger partial charge in [-0.2, -0.15) is 5.10 Å². The van der Waals surface area contributed by atoms with Gasteiger partial charge in [-0.1, -0.05) is 20.8 Å². The molecule has 0 N–H and O–H groups in total. The van der Waals surface area contributed by atoms with Gasteiger partial charge in [-0.15, -0.1) is 0 Å². The molecule has 6 rings (SSSR count). The molecular weight excluding hydrogens is 588 g/mol. The van der Waals surface area contributed by atoms with Crippen molar-refractivity contribution in [3.63, 3.8) is 0 Å². The average molecular weight is 634 g/mol. The normalized spacial score (nSPS) is 15.3. The molecule has 12 heteroatoms. The van der Waals surface area contributed by atoms with Gasteiger partial charge in [-0.05, 0) is 64.9 Å². The molecule has 1 fully saturated rings. The van der Waals surface area contributed by atoms with Crippen molar-refractivity contribution in [3.8, 4) is 16.8 Å². The lowest BCUT2D eigenvalue weighted by molar-refractivity contribution is 0.133. The summed E-state index contributed by atoms with van der Waals surface area (Å²) in [6.07, 6.45) is 0.765. The van der Waals surface area contributed by atoms with E-state index in [4.69, 9.17) is 4.98 Å². The third-order valence-corrected chi connectivity index (χ3v) is 9.52. The summed E-state index contributed by atoms with van der Waals surface area (Å²) >= 11 is 0. The third kappa shape index (κ3) is 5.21. The zero-order valence-corrected chi connectivity index (χ0v) is 28.6. The van der Waals surface area contributed by atoms with Crippen LogP contribution in [0.2, 0.25) is 0 Å². The van der Waals surface area contributed by atoms with Gasteiger partial charge in [0, 0.05) is 56.5 Å². The zero-order valence-electron chi connectivity index (χ0n) is 28.6. The van der Waals surface area contributed by atoms with Gasteiger partial charge in [0.05, 0.1) is 51.7 Å². The van der Waals surface area contributed by atoms with Crippen molar-refractivity contribution in [3.05, 3.63) is 58.5 Å². The quantitative estimate of drug-likeness (QED) is 0.239. The number of nitrogens with zero attached hydrogens (tertiary/aromatic N) is 9. The topological polar surface area (TPSA) is 72.3 Å². The summed E-state index contributed by atoms with van der Waals surface area (Å²) in [5, 5.41) is 4.44. The maximum atomic E-state index is 14.8. The van der Waals surface area contributed by atoms with Crippen molar-refractivity contribution in [1.29, 1.82) is 0 Å². The number of imidazole rings is 2. The maximum Gasteiger partial charge on any atom is 0.328 e. The molecule has 10 nitrogen and oxygen atoms in total. The van der Waals surface area contributed by atoms with Crippen molar-refractivity contribution < 1.29 is 8.78 Å². The van der Waals surface area contributed by atoms with E-state index in [0.717, 1.165) is 47.9 Å². The molecule has 3 aromatic heterocycles. The highest BCUT2D eigenvalue weighted by Crippen LogP contribution is 2.41. The molecule has 1 aliphatic heterocycles. The lowest BCUT2D eigenvalue weighted by Gasteiger charge is -2.53. The average Bonchev–Trinajstić information content (AvgIpc) is 3.65. The number of halogens is 2. The SMILES string of the molecule is CN(C)CCn1cc(-c2cc3nc(C(C)(C)C)n(-c4cc(N5CC(C)(N(C)C)C5)c5c(c4)n(C)c(=O)n5C)c3cc2C(F)F)cn1. The molecule has 4 heterocycles. The Morgan fingerprint density at radius 3 is 2.30 bits per heavy atom. The Kier molecular flexibility index (Phi) is 7.67. The zero-order chi connectivity index (χ0) is 33.5. The van der Waals surface area contributed by atoms with Gasteiger partial charge in [-0.25, -0.2) is 18.6 Å². The second-order valence-electron chi connectivity index (χ2n) is 14.5. The minimum Gasteiger partial charge on any atom is -0.366 e. The summed E-state index contributed by atoms with van der Waals surface area (Å²) in [7, 11) is 11.7. The van der Waals surface area contributed by atoms with E-state index in [0.29, 0.717) is 28.7 Å². The largest absolute Gasteiger partial charge is 0.366 e. The molecule has 0 atom stereocenters. The lowest BCUT2D eigenvalue weighted by Crippen LogP contribution is -2.67. The molecule has 0 radical (unpaired) electrons. The first-order valence-corrected chi connectivity index (χ1v) is 15.6. The molecule has 0 aliphatic carbocycles. The number of likely N-dealkylation sites (N-methyl/N-ethyl adjacent to an activating group) is 2. The highest BCUT2D eigenvalue weighted by atomic mass is 19.3. The molecule has 5 aromatic rings. The highest BCUT2D eigenvalue weighted by Gasteiger charge is 2.42. The number of aromatic nitrogens is 6. The van der Waals surface area contributed by atoms with Crippen LogP contribution < -0.4 is 10.6 Å². The number of aryl methyl sites for hydroxylation is 2. The van der Waals surface area contributed by atoms with E-state index in [2.05, 4.69) is 67.7 Å². The fourth-order valence-electron chi connectivity index (χ4n) is 6.47. The Morgan fingerprint density at radius 1 is 1.00 bits per heavy atom. The summed E-state index contributed by atoms with van der Waals surface area (Å²) in [6.45, 7) is 11.5. The van der Waals surface area contributed by atoms with E-state index >= 15 is 0 Å². The summed E-state index contributed by atoms with van der Waals surface area (Å²) < 4.78 is 36.8. The number of alkyl halides is 2. The number of benzene rings is 2. The molecule has 246 valence electrons. The summed E-state index contributed by atoms with van der Waals surface area (Å²) in [5.41, 5.74) is 5.00. The van der Waals surface area contributed by atoms with E-state index in [1.807, 2.05) is 30.9 Å². The first-order chi connectivity index (χ1) is 21.5. The Balaban J connectivity index is 1.58. The molecule has 46 heavy (non-hydrogen) atoms. The highest BCUT2D eigenvalue weighted by molar-refractivity contribution is 5.94. The molecule has 0 saturated carbocycles. The van der Waals surface area contributed by atoms with E-state index in [-0.39, 0.29) is 16.8 Å². The Hall–Kier alpha value is -4.03. The van der Waals surface area contributed by atoms with E-state index < -0.39 is 11.8 Å². The van der Waals surface area contributed by atoms with E-state index in [9.17, 15) is 13.6 Å². The van der Waals surface area contributed by atoms with Crippen LogP contribution in [0.15, 0.2) is 41.5 Å². The smallest absolute Gasteiger partial charge is 0.328 e. The second-order valence-corrected chi connectivity index (χ2v) is 14.5. The molecule has 1 aliphatic rings. The summed E-state index contributed by atoms with van der Waals surface area (Å²) in [6, 6.07) is 7.41. The number of hydrogen-bond donors (Lipinski definition) is 0. The summed E-state index contributed by atoms with van der Waals surface area (Å²) in [4.78, 5) is 24.8. The molecule has 2 aromatic carbocycles. The first kappa shape index (κ1) is 31.9. The van der Waals surface area contributed by atoms with Crippen molar-refractivity contribution in [2.24, 2.45) is 14.1 Å². The minimum absolute atomic E-state index is 0.00289. The maximum absolute atomic E-state index is 14.8. The van der Waals surface area contributed by atoms with Crippen LogP contribution in [0.4, 0.5) is 14.5 Å². The fraction of sp³-hybridized carbons (Fsp3) is 0.500. The molecule has 1 saturated heterocycles. The predicted molar refractivity (Wildman–Crippen MR) is 181 cm³/mol. The van der Waals surface area contributed by atoms with Crippen LogP contribution in [-0.2, 0) is 26.1 Å². The van der Waals surface area contributed by atoms with Crippen LogP contribution in [0.5, 0.6) is 0 Å². The first-order valence-electron chi connectivity index (χ1n) is 15.6. The van der Waals surface area contributed by atoms with Gasteiger partial charge in [-0.3, -0.25) is 18.4 Å². The van der Waals surface area contributed by atoms with Gasteiger partial charge in [0.2, 0.25) is 0 Å². The van der Waals surface area contributed by atoms with Crippen LogP contribution in [0, 0.1) is 0 Å². The van der Waals surface area contributed by atoms with Gasteiger partial charge in [0.15, 0.2) is 0 Å². The third-order valence-electron chi connectivity index (χ3n) is 9.52. The number of rotatable bonds is 8. The molecule has 0 bridgehead atoms. The lowest BCUT2D eigenvalue weighted by atomic mass is 9.90. The number of fused-ring (bicyclic) bond motifs is 2. The second kappa shape index (κ2) is 11.0. The van der Waals surface area contributed by atoms with Crippen LogP contribution in [0.25, 0.3) is 38.9 Å². The van der Waals surface area contributed by atoms with Crippen LogP contribution >= 0.6 is 0 Å². The monoisotopic (exact) mass is 633 g/mol. The van der Waals surface area contributed by atoms with Crippen molar-refractivity contribution in [2.45, 2.75) is 51.6 Å². The van der Waals surface area contributed by atoms with Gasteiger partial charge >= 0.3 is 5.69 Å². The standard InChI is InChI=1S/C34H45F2N9O/c1-33(2,3)31-38-25-15-23(21-17-37-44(18-21)12-11-39(5)6)24(30(35)36)16-26(25)45(31)22-13-27-29(42(10)32(46)41(27)9)28(14-22)43-19-34(4,20-43)40(7)8/h13-18,30H,11-12,19-20H2,1-10H3. The van der Waals surface area contributed by atoms with E-state index in [1.165, 1.54) is 0 Å². The Labute approximate surface area is 268 Å². The van der Waals surface area contributed by atoms with E-state index in [1.54, 1.807) is 46.2 Å². The molecule has 0 unspecified atom stereocenters. The van der Waals surface area contributed by atoms with Gasteiger partial charge < -0.3 is 14.7 Å². The van der Waals surface area contributed by atoms with Crippen molar-refractivity contribution in [1.82, 2.24) is 38.3 Å². The van der Waals surface area contributed by atoms with Crippen molar-refractivity contribution in [2.75, 3.05) is 52.7 Å². The van der Waals surface area contributed by atoms with Crippen LogP contribution in [-0.4, -0.2) is 91.6 Å². The molecular formula is C34H45F2N9O. The number of hydrogen-bond acceptors (Lipinski definition) is 6. The Morgan fingerprint density at radius 2 is 1.70 bits per heavy atom. The van der Waals surface area contributed by atoms with Crippen LogP contribution in [0.1, 0.15) is 45.5 Å². The van der Waals surface area contributed by atoms with Gasteiger partial charge in [0.25, 0.3) is 6.43 Å². The minimum atomic E-state index is -2.70. The van der Waals surface area contributed by atoms with Gasteiger partial charge in [0.1, 0.15) is 5.82 Å². The fourth-order valence-corrected chi connectivity index (χ4v) is 6.47. The number of anilines is 1. The van der Waals surface area contributed by atoms with Crippen molar-refractivity contribution >= 4 is 27.8 Å². The Bertz CT molecular complexity index is 2000. The predicted octanol–water partition coefficient (Wildman–Crippen LogP) is 5.02. The molecule has 0 amide bonds. The summed E-state index contributed by atoms with van der Waals surface area (Å²) in [5.74, 6) is 0.745. The molecule has 0 spiro atoms. The van der Waals surface area contributed by atoms with Crippen LogP contribution in [0.3, 0.4) is 0 Å².